The van der Waals surface area contributed by atoms with Crippen molar-refractivity contribution in [3.8, 4) is 0 Å². The van der Waals surface area contributed by atoms with E-state index in [2.05, 4.69) is 15.0 Å². The van der Waals surface area contributed by atoms with Crippen molar-refractivity contribution in [2.45, 2.75) is 52.7 Å². The van der Waals surface area contributed by atoms with Crippen molar-refractivity contribution in [3.63, 3.8) is 0 Å². The lowest BCUT2D eigenvalue weighted by Crippen LogP contribution is -2.38. The number of hydrogen-bond acceptors (Lipinski definition) is 5. The van der Waals surface area contributed by atoms with E-state index in [9.17, 15) is 5.11 Å². The molecule has 0 unspecified atom stereocenters. The second-order valence-corrected chi connectivity index (χ2v) is 5.32. The van der Waals surface area contributed by atoms with Gasteiger partial charge in [0.1, 0.15) is 0 Å². The molecule has 17 heavy (non-hydrogen) atoms. The van der Waals surface area contributed by atoms with E-state index in [1.165, 1.54) is 0 Å². The molecule has 0 amide bonds. The van der Waals surface area contributed by atoms with Crippen LogP contribution in [0, 0.1) is 0 Å². The Morgan fingerprint density at radius 3 is 2.47 bits per heavy atom. The molecule has 0 aliphatic rings. The maximum Gasteiger partial charge on any atom is 0.240 e. The molecule has 1 aromatic heterocycles. The van der Waals surface area contributed by atoms with Gasteiger partial charge in [-0.05, 0) is 20.4 Å². The first-order valence-corrected chi connectivity index (χ1v) is 6.09. The lowest BCUT2D eigenvalue weighted by Gasteiger charge is -2.26. The Balaban J connectivity index is 2.61. The maximum absolute atomic E-state index is 9.78. The number of nitrogens with zero attached hydrogens (tertiary/aromatic N) is 3. The largest absolute Gasteiger partial charge is 0.389 e. The fraction of sp³-hybridized carbons (Fsp3) is 0.833. The summed E-state index contributed by atoms with van der Waals surface area (Å²) in [6.45, 7) is 11.7. The zero-order valence-corrected chi connectivity index (χ0v) is 11.4. The third-order valence-electron chi connectivity index (χ3n) is 2.42. The molecule has 1 N–H and O–H groups in total. The summed E-state index contributed by atoms with van der Waals surface area (Å²) in [6.07, 6.45) is 0. The van der Waals surface area contributed by atoms with Crippen LogP contribution in [0.3, 0.4) is 0 Å². The summed E-state index contributed by atoms with van der Waals surface area (Å²) in [6, 6.07) is 0. The molecule has 0 aliphatic carbocycles. The Hall–Kier alpha value is -0.940. The molecule has 1 rings (SSSR count). The molecule has 5 heteroatoms. The fourth-order valence-electron chi connectivity index (χ4n) is 1.58. The van der Waals surface area contributed by atoms with Crippen molar-refractivity contribution in [1.82, 2.24) is 15.0 Å². The number of likely N-dealkylation sites (N-methyl/N-ethyl adjacent to an activating group) is 1. The van der Waals surface area contributed by atoms with E-state index in [-0.39, 0.29) is 5.92 Å². The minimum Gasteiger partial charge on any atom is -0.389 e. The third kappa shape index (κ3) is 4.83. The van der Waals surface area contributed by atoms with Crippen molar-refractivity contribution < 1.29 is 9.63 Å². The summed E-state index contributed by atoms with van der Waals surface area (Å²) in [5.41, 5.74) is -0.711. The molecule has 0 aliphatic heterocycles. The van der Waals surface area contributed by atoms with E-state index in [0.29, 0.717) is 19.0 Å². The monoisotopic (exact) mass is 241 g/mol. The fourth-order valence-corrected chi connectivity index (χ4v) is 1.58. The Morgan fingerprint density at radius 2 is 2.06 bits per heavy atom. The molecule has 0 atom stereocenters. The molecule has 0 bridgehead atoms. The van der Waals surface area contributed by atoms with Crippen LogP contribution in [0.2, 0.25) is 0 Å². The molecule has 5 nitrogen and oxygen atoms in total. The number of hydrogen-bond donors (Lipinski definition) is 1. The predicted octanol–water partition coefficient (Wildman–Crippen LogP) is 1.79. The smallest absolute Gasteiger partial charge is 0.240 e. The van der Waals surface area contributed by atoms with Gasteiger partial charge in [-0.3, -0.25) is 4.90 Å². The van der Waals surface area contributed by atoms with E-state index in [0.717, 1.165) is 12.4 Å². The van der Waals surface area contributed by atoms with Crippen molar-refractivity contribution in [2.24, 2.45) is 0 Å². The SMILES string of the molecule is CCN(Cc1nc(C(C)C)no1)CC(C)(C)O. The van der Waals surface area contributed by atoms with Crippen molar-refractivity contribution >= 4 is 0 Å². The highest BCUT2D eigenvalue weighted by molar-refractivity contribution is 4.91. The first kappa shape index (κ1) is 14.1. The maximum atomic E-state index is 9.78. The van der Waals surface area contributed by atoms with E-state index < -0.39 is 5.60 Å². The number of rotatable bonds is 6. The van der Waals surface area contributed by atoms with Crippen molar-refractivity contribution in [2.75, 3.05) is 13.1 Å². The van der Waals surface area contributed by atoms with E-state index >= 15 is 0 Å². The van der Waals surface area contributed by atoms with Gasteiger partial charge in [-0.15, -0.1) is 0 Å². The molecular formula is C12H23N3O2. The highest BCUT2D eigenvalue weighted by Crippen LogP contribution is 2.12. The van der Waals surface area contributed by atoms with Crippen LogP contribution in [0.25, 0.3) is 0 Å². The number of aromatic nitrogens is 2. The molecule has 98 valence electrons. The average molecular weight is 241 g/mol. The molecule has 0 saturated carbocycles. The van der Waals surface area contributed by atoms with Crippen LogP contribution < -0.4 is 0 Å². The van der Waals surface area contributed by atoms with E-state index in [1.54, 1.807) is 13.8 Å². The standard InChI is InChI=1S/C12H23N3O2/c1-6-15(8-12(4,5)16)7-10-13-11(9(2)3)14-17-10/h9,16H,6-8H2,1-5H3. The van der Waals surface area contributed by atoms with Crippen LogP contribution in [-0.2, 0) is 6.54 Å². The first-order valence-electron chi connectivity index (χ1n) is 6.09. The first-order chi connectivity index (χ1) is 7.81. The van der Waals surface area contributed by atoms with Crippen LogP contribution in [-0.4, -0.2) is 38.8 Å². The summed E-state index contributed by atoms with van der Waals surface area (Å²) >= 11 is 0. The molecular weight excluding hydrogens is 218 g/mol. The summed E-state index contributed by atoms with van der Waals surface area (Å²) in [4.78, 5) is 6.41. The number of aliphatic hydroxyl groups is 1. The topological polar surface area (TPSA) is 62.4 Å². The Morgan fingerprint density at radius 1 is 1.41 bits per heavy atom. The Labute approximate surface area is 103 Å². The molecule has 1 aromatic rings. The van der Waals surface area contributed by atoms with Gasteiger partial charge < -0.3 is 9.63 Å². The summed E-state index contributed by atoms with van der Waals surface area (Å²) in [5, 5.41) is 13.7. The van der Waals surface area contributed by atoms with Gasteiger partial charge in [0.25, 0.3) is 0 Å². The zero-order valence-electron chi connectivity index (χ0n) is 11.4. The van der Waals surface area contributed by atoms with Gasteiger partial charge in [0.15, 0.2) is 5.82 Å². The highest BCUT2D eigenvalue weighted by atomic mass is 16.5. The summed E-state index contributed by atoms with van der Waals surface area (Å²) < 4.78 is 5.19. The highest BCUT2D eigenvalue weighted by Gasteiger charge is 2.19. The van der Waals surface area contributed by atoms with E-state index in [4.69, 9.17) is 4.52 Å². The zero-order chi connectivity index (χ0) is 13.1. The predicted molar refractivity (Wildman–Crippen MR) is 65.6 cm³/mol. The molecule has 0 aromatic carbocycles. The Kier molecular flexibility index (Phi) is 4.65. The quantitative estimate of drug-likeness (QED) is 0.822. The van der Waals surface area contributed by atoms with Gasteiger partial charge in [0, 0.05) is 12.5 Å². The van der Waals surface area contributed by atoms with Gasteiger partial charge in [0.2, 0.25) is 5.89 Å². The van der Waals surface area contributed by atoms with Crippen LogP contribution >= 0.6 is 0 Å². The van der Waals surface area contributed by atoms with Crippen LogP contribution in [0.4, 0.5) is 0 Å². The second-order valence-electron chi connectivity index (χ2n) is 5.32. The van der Waals surface area contributed by atoms with Crippen molar-refractivity contribution in [3.05, 3.63) is 11.7 Å². The van der Waals surface area contributed by atoms with Gasteiger partial charge in [-0.1, -0.05) is 25.9 Å². The summed E-state index contributed by atoms with van der Waals surface area (Å²) in [5.74, 6) is 1.62. The van der Waals surface area contributed by atoms with Crippen LogP contribution in [0.5, 0.6) is 0 Å². The van der Waals surface area contributed by atoms with Gasteiger partial charge in [-0.25, -0.2) is 0 Å². The third-order valence-corrected chi connectivity index (χ3v) is 2.42. The van der Waals surface area contributed by atoms with Crippen molar-refractivity contribution in [1.29, 1.82) is 0 Å². The minimum absolute atomic E-state index is 0.275. The lowest BCUT2D eigenvalue weighted by molar-refractivity contribution is 0.0322. The Bertz CT molecular complexity index is 342. The van der Waals surface area contributed by atoms with Crippen LogP contribution in [0.1, 0.15) is 52.3 Å². The minimum atomic E-state index is -0.711. The van der Waals surface area contributed by atoms with Gasteiger partial charge >= 0.3 is 0 Å². The average Bonchev–Trinajstić information content (AvgIpc) is 2.63. The van der Waals surface area contributed by atoms with E-state index in [1.807, 2.05) is 20.8 Å². The second kappa shape index (κ2) is 5.60. The molecule has 1 heterocycles. The lowest BCUT2D eigenvalue weighted by atomic mass is 10.1. The molecule has 0 radical (unpaired) electrons. The van der Waals surface area contributed by atoms with Crippen LogP contribution in [0.15, 0.2) is 4.52 Å². The summed E-state index contributed by atoms with van der Waals surface area (Å²) in [7, 11) is 0. The molecule has 0 fully saturated rings. The molecule has 0 spiro atoms. The molecule has 0 saturated heterocycles. The van der Waals surface area contributed by atoms with Gasteiger partial charge in [-0.2, -0.15) is 4.98 Å². The normalized spacial score (nSPS) is 12.7. The van der Waals surface area contributed by atoms with Gasteiger partial charge in [0.05, 0.1) is 12.1 Å².